The molecule has 4 aromatic rings. The molecule has 0 aliphatic heterocycles. The van der Waals surface area contributed by atoms with E-state index in [-0.39, 0.29) is 0 Å². The Kier molecular flexibility index (Phi) is 5.27. The number of rotatable bonds is 5. The molecule has 0 fully saturated rings. The molecule has 0 spiro atoms. The second-order valence-electron chi connectivity index (χ2n) is 6.52. The zero-order chi connectivity index (χ0) is 20.2. The van der Waals surface area contributed by atoms with E-state index >= 15 is 0 Å². The smallest absolute Gasteiger partial charge is 0.129 e. The number of nitrogens with two attached hydrogens (primary N) is 2. The lowest BCUT2D eigenvalue weighted by molar-refractivity contribution is 0.482. The van der Waals surface area contributed by atoms with E-state index in [0.29, 0.717) is 33.6 Å². The second kappa shape index (κ2) is 8.17. The molecule has 29 heavy (non-hydrogen) atoms. The summed E-state index contributed by atoms with van der Waals surface area (Å²) in [7, 11) is 0. The van der Waals surface area contributed by atoms with E-state index in [1.807, 2.05) is 72.8 Å². The molecule has 4 rings (SSSR count). The monoisotopic (exact) mass is 402 g/mol. The topological polar surface area (TPSA) is 70.5 Å². The molecule has 0 radical (unpaired) electrons. The summed E-state index contributed by atoms with van der Waals surface area (Å²) < 4.78 is 11.7. The first-order valence-corrected chi connectivity index (χ1v) is 9.41. The van der Waals surface area contributed by atoms with E-state index < -0.39 is 0 Å². The van der Waals surface area contributed by atoms with Crippen LogP contribution in [0.25, 0.3) is 11.1 Å². The van der Waals surface area contributed by atoms with Gasteiger partial charge in [-0.25, -0.2) is 0 Å². The van der Waals surface area contributed by atoms with Gasteiger partial charge in [0.2, 0.25) is 0 Å². The Morgan fingerprint density at radius 2 is 1.07 bits per heavy atom. The van der Waals surface area contributed by atoms with Crippen LogP contribution in [-0.4, -0.2) is 0 Å². The largest absolute Gasteiger partial charge is 0.457 e. The van der Waals surface area contributed by atoms with Gasteiger partial charge in [0.1, 0.15) is 23.0 Å². The fourth-order valence-corrected chi connectivity index (χ4v) is 3.20. The fourth-order valence-electron chi connectivity index (χ4n) is 2.92. The van der Waals surface area contributed by atoms with Crippen molar-refractivity contribution in [2.75, 3.05) is 11.5 Å². The van der Waals surface area contributed by atoms with Gasteiger partial charge in [0, 0.05) is 35.1 Å². The van der Waals surface area contributed by atoms with E-state index in [9.17, 15) is 0 Å². The Bertz CT molecular complexity index is 1140. The third kappa shape index (κ3) is 4.62. The van der Waals surface area contributed by atoms with Crippen LogP contribution in [0.1, 0.15) is 0 Å². The van der Waals surface area contributed by atoms with Crippen LogP contribution in [-0.2, 0) is 0 Å². The standard InChI is InChI=1S/C24H19ClN2O2/c25-24-15-22(29-21-6-2-4-18(27)14-21)11-12-23(24)16-7-9-19(10-8-16)28-20-5-1-3-17(26)13-20/h1-15H,26-27H2. The second-order valence-corrected chi connectivity index (χ2v) is 6.92. The summed E-state index contributed by atoms with van der Waals surface area (Å²) >= 11 is 6.50. The molecule has 0 aliphatic carbocycles. The lowest BCUT2D eigenvalue weighted by atomic mass is 10.1. The number of nitrogen functional groups attached to an aromatic ring is 2. The van der Waals surface area contributed by atoms with Gasteiger partial charge < -0.3 is 20.9 Å². The zero-order valence-electron chi connectivity index (χ0n) is 15.5. The highest BCUT2D eigenvalue weighted by atomic mass is 35.5. The third-order valence-electron chi connectivity index (χ3n) is 4.29. The van der Waals surface area contributed by atoms with Gasteiger partial charge in [-0.15, -0.1) is 0 Å². The van der Waals surface area contributed by atoms with Crippen LogP contribution in [0, 0.1) is 0 Å². The van der Waals surface area contributed by atoms with Crippen molar-refractivity contribution in [3.05, 3.63) is 96.0 Å². The first-order valence-electron chi connectivity index (χ1n) is 9.03. The minimum absolute atomic E-state index is 0.593. The van der Waals surface area contributed by atoms with Crippen LogP contribution in [0.15, 0.2) is 91.0 Å². The molecule has 4 N–H and O–H groups in total. The summed E-state index contributed by atoms with van der Waals surface area (Å²) in [5, 5.41) is 0.593. The number of benzene rings is 4. The maximum Gasteiger partial charge on any atom is 0.129 e. The molecule has 0 amide bonds. The Balaban J connectivity index is 1.50. The Morgan fingerprint density at radius 1 is 0.552 bits per heavy atom. The molecule has 0 heterocycles. The van der Waals surface area contributed by atoms with Crippen molar-refractivity contribution in [2.24, 2.45) is 0 Å². The summed E-state index contributed by atoms with van der Waals surface area (Å²) in [6.07, 6.45) is 0. The SMILES string of the molecule is Nc1cccc(Oc2ccc(-c3ccc(Oc4cccc(N)c4)cc3Cl)cc2)c1. The summed E-state index contributed by atoms with van der Waals surface area (Å²) in [4.78, 5) is 0. The molecule has 0 saturated heterocycles. The molecule has 0 atom stereocenters. The summed E-state index contributed by atoms with van der Waals surface area (Å²) in [6, 6.07) is 27.9. The Labute approximate surface area is 174 Å². The van der Waals surface area contributed by atoms with E-state index in [2.05, 4.69) is 0 Å². The molecule has 0 bridgehead atoms. The number of ether oxygens (including phenoxy) is 2. The van der Waals surface area contributed by atoms with Crippen LogP contribution in [0.2, 0.25) is 5.02 Å². The van der Waals surface area contributed by atoms with Crippen LogP contribution >= 0.6 is 11.6 Å². The lowest BCUT2D eigenvalue weighted by Gasteiger charge is -2.11. The van der Waals surface area contributed by atoms with Crippen molar-refractivity contribution in [1.82, 2.24) is 0 Å². The van der Waals surface area contributed by atoms with Crippen LogP contribution in [0.5, 0.6) is 23.0 Å². The molecule has 4 aromatic carbocycles. The average Bonchev–Trinajstić information content (AvgIpc) is 2.69. The van der Waals surface area contributed by atoms with Gasteiger partial charge in [0.05, 0.1) is 5.02 Å². The lowest BCUT2D eigenvalue weighted by Crippen LogP contribution is -1.89. The number of anilines is 2. The van der Waals surface area contributed by atoms with Gasteiger partial charge in [-0.3, -0.25) is 0 Å². The molecule has 144 valence electrons. The quantitative estimate of drug-likeness (QED) is 0.362. The minimum atomic E-state index is 0.593. The van der Waals surface area contributed by atoms with Crippen LogP contribution in [0.3, 0.4) is 0 Å². The predicted molar refractivity (Wildman–Crippen MR) is 119 cm³/mol. The van der Waals surface area contributed by atoms with Crippen molar-refractivity contribution in [3.63, 3.8) is 0 Å². The van der Waals surface area contributed by atoms with Gasteiger partial charge in [0.25, 0.3) is 0 Å². The van der Waals surface area contributed by atoms with Crippen LogP contribution < -0.4 is 20.9 Å². The summed E-state index contributed by atoms with van der Waals surface area (Å²) in [6.45, 7) is 0. The number of halogens is 1. The highest BCUT2D eigenvalue weighted by Gasteiger charge is 2.07. The van der Waals surface area contributed by atoms with Crippen molar-refractivity contribution < 1.29 is 9.47 Å². The molecule has 0 unspecified atom stereocenters. The van der Waals surface area contributed by atoms with Crippen molar-refractivity contribution in [2.45, 2.75) is 0 Å². The molecule has 4 nitrogen and oxygen atoms in total. The van der Waals surface area contributed by atoms with Crippen molar-refractivity contribution >= 4 is 23.0 Å². The highest BCUT2D eigenvalue weighted by molar-refractivity contribution is 6.33. The third-order valence-corrected chi connectivity index (χ3v) is 4.61. The summed E-state index contributed by atoms with van der Waals surface area (Å²) in [5.74, 6) is 2.72. The van der Waals surface area contributed by atoms with E-state index in [1.165, 1.54) is 0 Å². The Morgan fingerprint density at radius 3 is 1.62 bits per heavy atom. The first-order chi connectivity index (χ1) is 14.1. The maximum absolute atomic E-state index is 6.50. The molecular formula is C24H19ClN2O2. The van der Waals surface area contributed by atoms with Crippen molar-refractivity contribution in [1.29, 1.82) is 0 Å². The van der Waals surface area contributed by atoms with Crippen molar-refractivity contribution in [3.8, 4) is 34.1 Å². The fraction of sp³-hybridized carbons (Fsp3) is 0. The van der Waals surface area contributed by atoms with E-state index in [1.54, 1.807) is 18.2 Å². The zero-order valence-corrected chi connectivity index (χ0v) is 16.3. The molecule has 0 aliphatic rings. The van der Waals surface area contributed by atoms with Crippen LogP contribution in [0.4, 0.5) is 11.4 Å². The van der Waals surface area contributed by atoms with Gasteiger partial charge in [-0.2, -0.15) is 0 Å². The minimum Gasteiger partial charge on any atom is -0.457 e. The molecular weight excluding hydrogens is 384 g/mol. The predicted octanol–water partition coefficient (Wildman–Crippen LogP) is 6.76. The molecule has 5 heteroatoms. The average molecular weight is 403 g/mol. The van der Waals surface area contributed by atoms with Gasteiger partial charge in [0.15, 0.2) is 0 Å². The highest BCUT2D eigenvalue weighted by Crippen LogP contribution is 2.34. The van der Waals surface area contributed by atoms with E-state index in [0.717, 1.165) is 16.9 Å². The van der Waals surface area contributed by atoms with E-state index in [4.69, 9.17) is 32.5 Å². The van der Waals surface area contributed by atoms with Gasteiger partial charge >= 0.3 is 0 Å². The maximum atomic E-state index is 6.50. The summed E-state index contributed by atoms with van der Waals surface area (Å²) in [5.41, 5.74) is 14.8. The Hall–Kier alpha value is -3.63. The first kappa shape index (κ1) is 18.7. The molecule has 0 saturated carbocycles. The molecule has 0 aromatic heterocycles. The van der Waals surface area contributed by atoms with Gasteiger partial charge in [-0.05, 0) is 54.1 Å². The number of hydrogen-bond acceptors (Lipinski definition) is 4. The number of hydrogen-bond donors (Lipinski definition) is 2. The normalized spacial score (nSPS) is 10.5. The van der Waals surface area contributed by atoms with Gasteiger partial charge in [-0.1, -0.05) is 35.9 Å².